The molecule has 1 aliphatic heterocycles. The maximum Gasteiger partial charge on any atom is 0.317 e. The number of hydrogen-bond donors (Lipinski definition) is 2. The van der Waals surface area contributed by atoms with Crippen molar-refractivity contribution in [2.45, 2.75) is 31.8 Å². The number of aromatic nitrogens is 2. The smallest absolute Gasteiger partial charge is 0.317 e. The maximum atomic E-state index is 12.3. The van der Waals surface area contributed by atoms with Gasteiger partial charge in [0.15, 0.2) is 0 Å². The van der Waals surface area contributed by atoms with Crippen LogP contribution in [0.4, 0.5) is 4.79 Å². The second-order valence-corrected chi connectivity index (χ2v) is 7.33. The summed E-state index contributed by atoms with van der Waals surface area (Å²) in [5, 5.41) is 2.88. The van der Waals surface area contributed by atoms with E-state index in [1.165, 1.54) is 0 Å². The van der Waals surface area contributed by atoms with Crippen LogP contribution in [0.25, 0.3) is 0 Å². The van der Waals surface area contributed by atoms with Crippen LogP contribution in [-0.4, -0.2) is 60.8 Å². The standard InChI is InChI=1S/C13H23N5O3S/c1-22(20,21)16-10-12-4-2-3-7-18(12)13(19)15-6-9-17-8-5-14-11-17/h5,8,11-12,16H,2-4,6-7,9-10H2,1H3,(H,15,19). The van der Waals surface area contributed by atoms with E-state index < -0.39 is 10.0 Å². The molecule has 8 nitrogen and oxygen atoms in total. The van der Waals surface area contributed by atoms with Crippen molar-refractivity contribution >= 4 is 16.1 Å². The zero-order chi connectivity index (χ0) is 16.0. The van der Waals surface area contributed by atoms with Crippen molar-refractivity contribution < 1.29 is 13.2 Å². The van der Waals surface area contributed by atoms with Crippen LogP contribution in [0.3, 0.4) is 0 Å². The monoisotopic (exact) mass is 329 g/mol. The number of carbonyl (C=O) groups is 1. The van der Waals surface area contributed by atoms with Gasteiger partial charge in [0.2, 0.25) is 10.0 Å². The Bertz CT molecular complexity index is 573. The van der Waals surface area contributed by atoms with E-state index >= 15 is 0 Å². The number of sulfonamides is 1. The van der Waals surface area contributed by atoms with Gasteiger partial charge in [0, 0.05) is 44.6 Å². The molecule has 0 saturated carbocycles. The first-order valence-electron chi connectivity index (χ1n) is 7.40. The molecule has 0 radical (unpaired) electrons. The summed E-state index contributed by atoms with van der Waals surface area (Å²) in [6.07, 6.45) is 9.14. The highest BCUT2D eigenvalue weighted by Crippen LogP contribution is 2.16. The fraction of sp³-hybridized carbons (Fsp3) is 0.692. The number of carbonyl (C=O) groups excluding carboxylic acids is 1. The van der Waals surface area contributed by atoms with Gasteiger partial charge >= 0.3 is 6.03 Å². The molecular formula is C13H23N5O3S. The molecule has 2 N–H and O–H groups in total. The van der Waals surface area contributed by atoms with Crippen molar-refractivity contribution in [3.8, 4) is 0 Å². The van der Waals surface area contributed by atoms with Gasteiger partial charge in [0.25, 0.3) is 0 Å². The molecule has 2 amide bonds. The molecule has 22 heavy (non-hydrogen) atoms. The molecule has 124 valence electrons. The van der Waals surface area contributed by atoms with Crippen LogP contribution in [-0.2, 0) is 16.6 Å². The first-order valence-corrected chi connectivity index (χ1v) is 9.30. The van der Waals surface area contributed by atoms with Gasteiger partial charge in [-0.15, -0.1) is 0 Å². The first kappa shape index (κ1) is 16.8. The summed E-state index contributed by atoms with van der Waals surface area (Å²) < 4.78 is 26.8. The van der Waals surface area contributed by atoms with Crippen LogP contribution in [0.2, 0.25) is 0 Å². The van der Waals surface area contributed by atoms with E-state index in [0.717, 1.165) is 25.5 Å². The van der Waals surface area contributed by atoms with Crippen molar-refractivity contribution in [3.05, 3.63) is 18.7 Å². The Balaban J connectivity index is 1.82. The van der Waals surface area contributed by atoms with E-state index in [1.54, 1.807) is 17.4 Å². The third kappa shape index (κ3) is 5.30. The third-order valence-electron chi connectivity index (χ3n) is 3.67. The summed E-state index contributed by atoms with van der Waals surface area (Å²) in [4.78, 5) is 17.9. The van der Waals surface area contributed by atoms with Gasteiger partial charge in [-0.2, -0.15) is 0 Å². The number of urea groups is 1. The lowest BCUT2D eigenvalue weighted by Gasteiger charge is -2.35. The average molecular weight is 329 g/mol. The minimum atomic E-state index is -3.24. The van der Waals surface area contributed by atoms with Crippen molar-refractivity contribution in [1.82, 2.24) is 24.5 Å². The SMILES string of the molecule is CS(=O)(=O)NCC1CCCCN1C(=O)NCCn1ccnc1. The summed E-state index contributed by atoms with van der Waals surface area (Å²) in [6.45, 7) is 2.10. The Labute approximate surface area is 130 Å². The van der Waals surface area contributed by atoms with Crippen molar-refractivity contribution in [2.75, 3.05) is 25.9 Å². The quantitative estimate of drug-likeness (QED) is 0.767. The first-order chi connectivity index (χ1) is 10.5. The lowest BCUT2D eigenvalue weighted by molar-refractivity contribution is 0.152. The van der Waals surface area contributed by atoms with Gasteiger partial charge in [0.05, 0.1) is 12.6 Å². The summed E-state index contributed by atoms with van der Waals surface area (Å²) in [5.41, 5.74) is 0. The van der Waals surface area contributed by atoms with E-state index in [9.17, 15) is 13.2 Å². The number of amides is 2. The van der Waals surface area contributed by atoms with E-state index in [-0.39, 0.29) is 18.6 Å². The fourth-order valence-corrected chi connectivity index (χ4v) is 3.04. The van der Waals surface area contributed by atoms with E-state index in [2.05, 4.69) is 15.0 Å². The minimum absolute atomic E-state index is 0.0864. The average Bonchev–Trinajstić information content (AvgIpc) is 2.98. The second-order valence-electron chi connectivity index (χ2n) is 5.50. The summed E-state index contributed by atoms with van der Waals surface area (Å²) in [6, 6.07) is -0.225. The third-order valence-corrected chi connectivity index (χ3v) is 4.37. The van der Waals surface area contributed by atoms with Gasteiger partial charge in [-0.1, -0.05) is 0 Å². The molecule has 1 unspecified atom stereocenters. The highest BCUT2D eigenvalue weighted by Gasteiger charge is 2.26. The van der Waals surface area contributed by atoms with E-state index in [4.69, 9.17) is 0 Å². The molecule has 1 aromatic rings. The molecule has 0 aliphatic carbocycles. The molecule has 1 aromatic heterocycles. The fourth-order valence-electron chi connectivity index (χ4n) is 2.54. The van der Waals surface area contributed by atoms with Crippen LogP contribution in [0, 0.1) is 0 Å². The number of piperidine rings is 1. The summed E-state index contributed by atoms with van der Waals surface area (Å²) in [5.74, 6) is 0. The molecule has 0 aromatic carbocycles. The van der Waals surface area contributed by atoms with Crippen LogP contribution in [0.15, 0.2) is 18.7 Å². The lowest BCUT2D eigenvalue weighted by Crippen LogP contribution is -2.53. The molecule has 1 atom stereocenters. The van der Waals surface area contributed by atoms with Crippen LogP contribution in [0.5, 0.6) is 0 Å². The maximum absolute atomic E-state index is 12.3. The second kappa shape index (κ2) is 7.59. The Morgan fingerprint density at radius 2 is 2.23 bits per heavy atom. The normalized spacial score (nSPS) is 19.1. The number of likely N-dealkylation sites (tertiary alicyclic amines) is 1. The number of hydrogen-bond acceptors (Lipinski definition) is 4. The Morgan fingerprint density at radius 3 is 2.91 bits per heavy atom. The molecule has 1 saturated heterocycles. The minimum Gasteiger partial charge on any atom is -0.336 e. The lowest BCUT2D eigenvalue weighted by atomic mass is 10.0. The topological polar surface area (TPSA) is 96.3 Å². The van der Waals surface area contributed by atoms with Crippen molar-refractivity contribution in [3.63, 3.8) is 0 Å². The van der Waals surface area contributed by atoms with E-state index in [1.807, 2.05) is 10.8 Å². The number of nitrogens with zero attached hydrogens (tertiary/aromatic N) is 3. The highest BCUT2D eigenvalue weighted by atomic mass is 32.2. The molecular weight excluding hydrogens is 306 g/mol. The largest absolute Gasteiger partial charge is 0.336 e. The summed E-state index contributed by atoms with van der Waals surface area (Å²) >= 11 is 0. The van der Waals surface area contributed by atoms with Crippen LogP contribution < -0.4 is 10.0 Å². The number of imidazole rings is 1. The Morgan fingerprint density at radius 1 is 1.41 bits per heavy atom. The van der Waals surface area contributed by atoms with Crippen molar-refractivity contribution in [2.24, 2.45) is 0 Å². The molecule has 1 aliphatic rings. The van der Waals surface area contributed by atoms with Gasteiger partial charge < -0.3 is 14.8 Å². The number of rotatable bonds is 6. The van der Waals surface area contributed by atoms with Gasteiger partial charge in [-0.25, -0.2) is 22.9 Å². The Hall–Kier alpha value is -1.61. The molecule has 9 heteroatoms. The predicted octanol–water partition coefficient (Wildman–Crippen LogP) is -0.00360. The van der Waals surface area contributed by atoms with E-state index in [0.29, 0.717) is 19.6 Å². The zero-order valence-corrected chi connectivity index (χ0v) is 13.6. The van der Waals surface area contributed by atoms with Crippen LogP contribution in [0.1, 0.15) is 19.3 Å². The van der Waals surface area contributed by atoms with Gasteiger partial charge in [-0.3, -0.25) is 0 Å². The molecule has 0 bridgehead atoms. The molecule has 1 fully saturated rings. The predicted molar refractivity (Wildman–Crippen MR) is 82.8 cm³/mol. The van der Waals surface area contributed by atoms with Gasteiger partial charge in [0.1, 0.15) is 0 Å². The summed E-state index contributed by atoms with van der Waals surface area (Å²) in [7, 11) is -3.24. The molecule has 2 heterocycles. The Kier molecular flexibility index (Phi) is 5.78. The number of nitrogens with one attached hydrogen (secondary N) is 2. The van der Waals surface area contributed by atoms with Crippen LogP contribution >= 0.6 is 0 Å². The van der Waals surface area contributed by atoms with Crippen molar-refractivity contribution in [1.29, 1.82) is 0 Å². The molecule has 0 spiro atoms. The molecule has 2 rings (SSSR count). The van der Waals surface area contributed by atoms with Gasteiger partial charge in [-0.05, 0) is 19.3 Å². The zero-order valence-electron chi connectivity index (χ0n) is 12.7. The highest BCUT2D eigenvalue weighted by molar-refractivity contribution is 7.88.